The smallest absolute Gasteiger partial charge is 0.290 e. The number of piperazine rings is 1. The zero-order valence-corrected chi connectivity index (χ0v) is 14.4. The van der Waals surface area contributed by atoms with Crippen LogP contribution in [0, 0.1) is 0 Å². The van der Waals surface area contributed by atoms with Crippen LogP contribution in [-0.4, -0.2) is 36.6 Å². The highest BCUT2D eigenvalue weighted by Crippen LogP contribution is 2.17. The summed E-state index contributed by atoms with van der Waals surface area (Å²) in [5.74, 6) is 0.195. The van der Waals surface area contributed by atoms with E-state index in [1.165, 1.54) is 0 Å². The fraction of sp³-hybridized carbons (Fsp3) is 0.389. The Kier molecular flexibility index (Phi) is 5.02. The van der Waals surface area contributed by atoms with Crippen molar-refractivity contribution in [3.05, 3.63) is 47.3 Å². The SMILES string of the molecule is CC(C)c1cc(C(=O)NCc2ccc(N3CCNC(=O)C3)cc2)on1. The molecule has 2 amide bonds. The standard InChI is InChI=1S/C18H22N4O3/c1-12(2)15-9-16(25-21-15)18(24)20-10-13-3-5-14(6-4-13)22-8-7-19-17(23)11-22/h3-6,9,12H,7-8,10-11H2,1-2H3,(H,19,23)(H,20,24). The first-order valence-electron chi connectivity index (χ1n) is 8.38. The Morgan fingerprint density at radius 2 is 2.12 bits per heavy atom. The van der Waals surface area contributed by atoms with Crippen LogP contribution in [0.4, 0.5) is 5.69 Å². The Balaban J connectivity index is 1.56. The second-order valence-electron chi connectivity index (χ2n) is 6.39. The third kappa shape index (κ3) is 4.17. The molecule has 0 radical (unpaired) electrons. The molecule has 0 bridgehead atoms. The lowest BCUT2D eigenvalue weighted by Gasteiger charge is -2.28. The molecule has 0 aliphatic carbocycles. The molecule has 0 unspecified atom stereocenters. The van der Waals surface area contributed by atoms with Crippen LogP contribution >= 0.6 is 0 Å². The van der Waals surface area contributed by atoms with Crippen molar-refractivity contribution in [2.24, 2.45) is 0 Å². The van der Waals surface area contributed by atoms with E-state index in [1.807, 2.05) is 43.0 Å². The zero-order chi connectivity index (χ0) is 17.8. The largest absolute Gasteiger partial charge is 0.360 e. The van der Waals surface area contributed by atoms with Crippen LogP contribution < -0.4 is 15.5 Å². The Labute approximate surface area is 146 Å². The summed E-state index contributed by atoms with van der Waals surface area (Å²) < 4.78 is 5.08. The van der Waals surface area contributed by atoms with Gasteiger partial charge in [0.25, 0.3) is 5.91 Å². The van der Waals surface area contributed by atoms with Gasteiger partial charge in [-0.25, -0.2) is 0 Å². The normalized spacial score (nSPS) is 14.5. The molecule has 0 saturated carbocycles. The van der Waals surface area contributed by atoms with E-state index in [9.17, 15) is 9.59 Å². The summed E-state index contributed by atoms with van der Waals surface area (Å²) in [6.07, 6.45) is 0. The number of hydrogen-bond donors (Lipinski definition) is 2. The first-order chi connectivity index (χ1) is 12.0. The lowest BCUT2D eigenvalue weighted by molar-refractivity contribution is -0.120. The molecule has 1 aliphatic heterocycles. The average Bonchev–Trinajstić information content (AvgIpc) is 3.11. The van der Waals surface area contributed by atoms with E-state index < -0.39 is 0 Å². The minimum absolute atomic E-state index is 0.0374. The third-order valence-electron chi connectivity index (χ3n) is 4.14. The minimum Gasteiger partial charge on any atom is -0.360 e. The van der Waals surface area contributed by atoms with Crippen molar-refractivity contribution in [2.75, 3.05) is 24.5 Å². The Morgan fingerprint density at radius 3 is 2.76 bits per heavy atom. The van der Waals surface area contributed by atoms with Crippen molar-refractivity contribution >= 4 is 17.5 Å². The summed E-state index contributed by atoms with van der Waals surface area (Å²) in [6, 6.07) is 9.49. The van der Waals surface area contributed by atoms with Gasteiger partial charge in [0.2, 0.25) is 11.7 Å². The number of benzene rings is 1. The van der Waals surface area contributed by atoms with Gasteiger partial charge in [0.05, 0.1) is 12.2 Å². The van der Waals surface area contributed by atoms with Gasteiger partial charge < -0.3 is 20.1 Å². The Morgan fingerprint density at radius 1 is 1.36 bits per heavy atom. The maximum absolute atomic E-state index is 12.1. The first kappa shape index (κ1) is 17.0. The lowest BCUT2D eigenvalue weighted by Crippen LogP contribution is -2.47. The second kappa shape index (κ2) is 7.38. The quantitative estimate of drug-likeness (QED) is 0.863. The van der Waals surface area contributed by atoms with E-state index in [4.69, 9.17) is 4.52 Å². The van der Waals surface area contributed by atoms with Gasteiger partial charge in [-0.1, -0.05) is 31.1 Å². The minimum atomic E-state index is -0.281. The van der Waals surface area contributed by atoms with Crippen molar-refractivity contribution in [1.29, 1.82) is 0 Å². The first-order valence-corrected chi connectivity index (χ1v) is 8.38. The fourth-order valence-electron chi connectivity index (χ4n) is 2.62. The van der Waals surface area contributed by atoms with Gasteiger partial charge in [-0.05, 0) is 23.6 Å². The second-order valence-corrected chi connectivity index (χ2v) is 6.39. The van der Waals surface area contributed by atoms with Gasteiger partial charge in [0.15, 0.2) is 0 Å². The van der Waals surface area contributed by atoms with Crippen molar-refractivity contribution in [2.45, 2.75) is 26.3 Å². The molecule has 1 aromatic carbocycles. The molecule has 132 valence electrons. The van der Waals surface area contributed by atoms with E-state index in [1.54, 1.807) is 6.07 Å². The lowest BCUT2D eigenvalue weighted by atomic mass is 10.1. The highest BCUT2D eigenvalue weighted by atomic mass is 16.5. The molecule has 2 heterocycles. The molecule has 3 rings (SSSR count). The molecule has 7 nitrogen and oxygen atoms in total. The topological polar surface area (TPSA) is 87.5 Å². The fourth-order valence-corrected chi connectivity index (χ4v) is 2.62. The summed E-state index contributed by atoms with van der Waals surface area (Å²) in [4.78, 5) is 25.6. The van der Waals surface area contributed by atoms with E-state index >= 15 is 0 Å². The highest BCUT2D eigenvalue weighted by Gasteiger charge is 2.17. The Bertz CT molecular complexity index is 752. The predicted octanol–water partition coefficient (Wildman–Crippen LogP) is 1.66. The van der Waals surface area contributed by atoms with Crippen LogP contribution in [0.1, 0.15) is 41.6 Å². The van der Waals surface area contributed by atoms with E-state index in [-0.39, 0.29) is 23.5 Å². The summed E-state index contributed by atoms with van der Waals surface area (Å²) in [5, 5.41) is 9.52. The van der Waals surface area contributed by atoms with Crippen molar-refractivity contribution in [3.8, 4) is 0 Å². The van der Waals surface area contributed by atoms with E-state index in [2.05, 4.69) is 15.8 Å². The molecule has 0 spiro atoms. The third-order valence-corrected chi connectivity index (χ3v) is 4.14. The van der Waals surface area contributed by atoms with E-state index in [0.717, 1.165) is 23.5 Å². The maximum atomic E-state index is 12.1. The number of nitrogens with zero attached hydrogens (tertiary/aromatic N) is 2. The predicted molar refractivity (Wildman–Crippen MR) is 93.4 cm³/mol. The molecular weight excluding hydrogens is 320 g/mol. The molecule has 7 heteroatoms. The van der Waals surface area contributed by atoms with Crippen LogP contribution in [0.15, 0.2) is 34.9 Å². The van der Waals surface area contributed by atoms with Crippen molar-refractivity contribution < 1.29 is 14.1 Å². The number of nitrogens with one attached hydrogen (secondary N) is 2. The van der Waals surface area contributed by atoms with Crippen LogP contribution in [0.2, 0.25) is 0 Å². The van der Waals surface area contributed by atoms with Gasteiger partial charge in [-0.15, -0.1) is 0 Å². The van der Waals surface area contributed by atoms with Crippen LogP contribution in [0.5, 0.6) is 0 Å². The van der Waals surface area contributed by atoms with Crippen molar-refractivity contribution in [1.82, 2.24) is 15.8 Å². The number of amides is 2. The molecule has 2 aromatic rings. The number of aromatic nitrogens is 1. The maximum Gasteiger partial charge on any atom is 0.290 e. The molecule has 1 saturated heterocycles. The van der Waals surface area contributed by atoms with Crippen LogP contribution in [0.3, 0.4) is 0 Å². The average molecular weight is 342 g/mol. The van der Waals surface area contributed by atoms with Gasteiger partial charge in [0.1, 0.15) is 0 Å². The molecule has 25 heavy (non-hydrogen) atoms. The number of hydrogen-bond acceptors (Lipinski definition) is 5. The molecular formula is C18H22N4O3. The number of carbonyl (C=O) groups is 2. The van der Waals surface area contributed by atoms with Gasteiger partial charge in [0, 0.05) is 31.4 Å². The summed E-state index contributed by atoms with van der Waals surface area (Å²) in [7, 11) is 0. The molecule has 0 atom stereocenters. The van der Waals surface area contributed by atoms with Gasteiger partial charge >= 0.3 is 0 Å². The molecule has 1 fully saturated rings. The summed E-state index contributed by atoms with van der Waals surface area (Å²) in [6.45, 7) is 6.22. The van der Waals surface area contributed by atoms with Crippen LogP contribution in [0.25, 0.3) is 0 Å². The van der Waals surface area contributed by atoms with Crippen molar-refractivity contribution in [3.63, 3.8) is 0 Å². The number of rotatable bonds is 5. The zero-order valence-electron chi connectivity index (χ0n) is 14.4. The number of anilines is 1. The molecule has 1 aromatic heterocycles. The monoisotopic (exact) mass is 342 g/mol. The summed E-state index contributed by atoms with van der Waals surface area (Å²) in [5.41, 5.74) is 2.74. The number of carbonyl (C=O) groups excluding carboxylic acids is 2. The van der Waals surface area contributed by atoms with Crippen LogP contribution in [-0.2, 0) is 11.3 Å². The highest BCUT2D eigenvalue weighted by molar-refractivity contribution is 5.91. The molecule has 1 aliphatic rings. The molecule has 2 N–H and O–H groups in total. The Hall–Kier alpha value is -2.83. The van der Waals surface area contributed by atoms with Gasteiger partial charge in [-0.2, -0.15) is 0 Å². The van der Waals surface area contributed by atoms with E-state index in [0.29, 0.717) is 19.6 Å². The summed E-state index contributed by atoms with van der Waals surface area (Å²) >= 11 is 0. The van der Waals surface area contributed by atoms with Gasteiger partial charge in [-0.3, -0.25) is 9.59 Å².